The van der Waals surface area contributed by atoms with Gasteiger partial charge in [-0.15, -0.1) is 0 Å². The van der Waals surface area contributed by atoms with Crippen molar-refractivity contribution < 1.29 is 4.84 Å². The third-order valence-electron chi connectivity index (χ3n) is 2.83. The minimum absolute atomic E-state index is 0.317. The van der Waals surface area contributed by atoms with Gasteiger partial charge in [0, 0.05) is 5.02 Å². The van der Waals surface area contributed by atoms with E-state index in [0.717, 1.165) is 23.4 Å². The van der Waals surface area contributed by atoms with Crippen molar-refractivity contribution in [1.82, 2.24) is 0 Å². The molecule has 0 unspecified atom stereocenters. The van der Waals surface area contributed by atoms with E-state index in [0.29, 0.717) is 6.10 Å². The summed E-state index contributed by atoms with van der Waals surface area (Å²) in [5.74, 6) is 0. The molecule has 0 bridgehead atoms. The van der Waals surface area contributed by atoms with E-state index in [1.807, 2.05) is 24.3 Å². The summed E-state index contributed by atoms with van der Waals surface area (Å²) in [4.78, 5) is 5.45. The molecule has 1 saturated carbocycles. The number of hydrogen-bond donors (Lipinski definition) is 0. The minimum Gasteiger partial charge on any atom is -0.393 e. The van der Waals surface area contributed by atoms with E-state index in [1.54, 1.807) is 6.21 Å². The number of halogens is 1. The SMILES string of the molecule is Clc1ccc(C=NOC2CCCCC2)cc1. The molecule has 0 aromatic heterocycles. The van der Waals surface area contributed by atoms with Gasteiger partial charge >= 0.3 is 0 Å². The lowest BCUT2D eigenvalue weighted by atomic mass is 9.98. The van der Waals surface area contributed by atoms with Gasteiger partial charge in [-0.3, -0.25) is 0 Å². The van der Waals surface area contributed by atoms with Gasteiger partial charge in [-0.1, -0.05) is 35.3 Å². The highest BCUT2D eigenvalue weighted by molar-refractivity contribution is 6.30. The molecule has 1 aliphatic carbocycles. The summed E-state index contributed by atoms with van der Waals surface area (Å²) in [6.07, 6.45) is 8.20. The van der Waals surface area contributed by atoms with Crippen LogP contribution in [0.3, 0.4) is 0 Å². The highest BCUT2D eigenvalue weighted by Gasteiger charge is 2.13. The third-order valence-corrected chi connectivity index (χ3v) is 3.09. The van der Waals surface area contributed by atoms with Crippen LogP contribution in [0.4, 0.5) is 0 Å². The number of nitrogens with zero attached hydrogens (tertiary/aromatic N) is 1. The van der Waals surface area contributed by atoms with Gasteiger partial charge in [-0.25, -0.2) is 0 Å². The Kier molecular flexibility index (Phi) is 4.23. The number of rotatable bonds is 3. The average Bonchev–Trinajstić information content (AvgIpc) is 2.33. The van der Waals surface area contributed by atoms with Crippen molar-refractivity contribution in [3.63, 3.8) is 0 Å². The van der Waals surface area contributed by atoms with Crippen LogP contribution in [0.15, 0.2) is 29.4 Å². The molecule has 0 saturated heterocycles. The van der Waals surface area contributed by atoms with E-state index < -0.39 is 0 Å². The molecule has 2 nitrogen and oxygen atoms in total. The van der Waals surface area contributed by atoms with Crippen LogP contribution in [-0.4, -0.2) is 12.3 Å². The van der Waals surface area contributed by atoms with Gasteiger partial charge in [-0.2, -0.15) is 0 Å². The van der Waals surface area contributed by atoms with E-state index in [9.17, 15) is 0 Å². The van der Waals surface area contributed by atoms with Gasteiger partial charge in [0.1, 0.15) is 6.10 Å². The molecule has 1 aliphatic rings. The molecule has 16 heavy (non-hydrogen) atoms. The van der Waals surface area contributed by atoms with Crippen LogP contribution in [0.1, 0.15) is 37.7 Å². The Labute approximate surface area is 101 Å². The summed E-state index contributed by atoms with van der Waals surface area (Å²) < 4.78 is 0. The fourth-order valence-electron chi connectivity index (χ4n) is 1.90. The van der Waals surface area contributed by atoms with Crippen molar-refractivity contribution in [2.45, 2.75) is 38.2 Å². The summed E-state index contributed by atoms with van der Waals surface area (Å²) >= 11 is 5.79. The van der Waals surface area contributed by atoms with Gasteiger partial charge in [0.2, 0.25) is 0 Å². The zero-order valence-electron chi connectivity index (χ0n) is 9.23. The predicted octanol–water partition coefficient (Wildman–Crippen LogP) is 4.02. The molecule has 0 N–H and O–H groups in total. The average molecular weight is 238 g/mol. The highest BCUT2D eigenvalue weighted by Crippen LogP contribution is 2.20. The summed E-state index contributed by atoms with van der Waals surface area (Å²) in [5.41, 5.74) is 1.01. The molecular weight excluding hydrogens is 222 g/mol. The molecule has 0 aliphatic heterocycles. The van der Waals surface area contributed by atoms with Crippen molar-refractivity contribution in [3.05, 3.63) is 34.9 Å². The molecule has 0 amide bonds. The lowest BCUT2D eigenvalue weighted by Gasteiger charge is -2.18. The molecule has 0 spiro atoms. The molecule has 1 fully saturated rings. The van der Waals surface area contributed by atoms with Crippen LogP contribution in [0, 0.1) is 0 Å². The minimum atomic E-state index is 0.317. The summed E-state index contributed by atoms with van der Waals surface area (Å²) in [6.45, 7) is 0. The van der Waals surface area contributed by atoms with Gasteiger partial charge in [0.05, 0.1) is 6.21 Å². The molecule has 0 atom stereocenters. The van der Waals surface area contributed by atoms with Gasteiger partial charge in [0.15, 0.2) is 0 Å². The van der Waals surface area contributed by atoms with E-state index in [1.165, 1.54) is 19.3 Å². The second kappa shape index (κ2) is 5.90. The van der Waals surface area contributed by atoms with Crippen molar-refractivity contribution in [2.24, 2.45) is 5.16 Å². The van der Waals surface area contributed by atoms with Crippen molar-refractivity contribution in [2.75, 3.05) is 0 Å². The number of benzene rings is 1. The summed E-state index contributed by atoms with van der Waals surface area (Å²) in [5, 5.41) is 4.77. The van der Waals surface area contributed by atoms with E-state index in [2.05, 4.69) is 5.16 Å². The number of oxime groups is 1. The van der Waals surface area contributed by atoms with E-state index in [-0.39, 0.29) is 0 Å². The first kappa shape index (κ1) is 11.5. The van der Waals surface area contributed by atoms with Crippen LogP contribution >= 0.6 is 11.6 Å². The summed E-state index contributed by atoms with van der Waals surface area (Å²) in [6, 6.07) is 7.55. The zero-order chi connectivity index (χ0) is 11.2. The van der Waals surface area contributed by atoms with Crippen LogP contribution in [0.2, 0.25) is 5.02 Å². The van der Waals surface area contributed by atoms with E-state index >= 15 is 0 Å². The standard InChI is InChI=1S/C13H16ClNO/c14-12-8-6-11(7-9-12)10-15-16-13-4-2-1-3-5-13/h6-10,13H,1-5H2. The lowest BCUT2D eigenvalue weighted by molar-refractivity contribution is 0.0340. The topological polar surface area (TPSA) is 21.6 Å². The Morgan fingerprint density at radius 2 is 1.81 bits per heavy atom. The molecule has 0 radical (unpaired) electrons. The Balaban J connectivity index is 1.82. The smallest absolute Gasteiger partial charge is 0.127 e. The van der Waals surface area contributed by atoms with Crippen molar-refractivity contribution >= 4 is 17.8 Å². The lowest BCUT2D eigenvalue weighted by Crippen LogP contribution is -2.13. The Hall–Kier alpha value is -1.02. The second-order valence-corrected chi connectivity index (χ2v) is 4.59. The first-order chi connectivity index (χ1) is 7.84. The van der Waals surface area contributed by atoms with Gasteiger partial charge in [-0.05, 0) is 43.4 Å². The number of hydrogen-bond acceptors (Lipinski definition) is 2. The van der Waals surface area contributed by atoms with Crippen LogP contribution in [-0.2, 0) is 4.84 Å². The predicted molar refractivity (Wildman–Crippen MR) is 67.0 cm³/mol. The maximum atomic E-state index is 5.79. The normalized spacial score (nSPS) is 17.8. The molecule has 1 aromatic carbocycles. The maximum Gasteiger partial charge on any atom is 0.127 e. The molecule has 3 heteroatoms. The molecule has 1 aromatic rings. The first-order valence-corrected chi connectivity index (χ1v) is 6.17. The largest absolute Gasteiger partial charge is 0.393 e. The molecule has 86 valence electrons. The fourth-order valence-corrected chi connectivity index (χ4v) is 2.02. The second-order valence-electron chi connectivity index (χ2n) is 4.15. The van der Waals surface area contributed by atoms with Gasteiger partial charge in [0.25, 0.3) is 0 Å². The first-order valence-electron chi connectivity index (χ1n) is 5.79. The maximum absolute atomic E-state index is 5.79. The zero-order valence-corrected chi connectivity index (χ0v) is 9.99. The Morgan fingerprint density at radius 3 is 2.50 bits per heavy atom. The monoisotopic (exact) mass is 237 g/mol. The van der Waals surface area contributed by atoms with Gasteiger partial charge < -0.3 is 4.84 Å². The Morgan fingerprint density at radius 1 is 1.12 bits per heavy atom. The van der Waals surface area contributed by atoms with Crippen LogP contribution in [0.5, 0.6) is 0 Å². The molecule has 0 heterocycles. The Bertz CT molecular complexity index is 341. The van der Waals surface area contributed by atoms with Crippen LogP contribution < -0.4 is 0 Å². The van der Waals surface area contributed by atoms with Crippen molar-refractivity contribution in [3.8, 4) is 0 Å². The highest BCUT2D eigenvalue weighted by atomic mass is 35.5. The summed E-state index contributed by atoms with van der Waals surface area (Å²) in [7, 11) is 0. The molecular formula is C13H16ClNO. The third kappa shape index (κ3) is 3.53. The quantitative estimate of drug-likeness (QED) is 0.575. The van der Waals surface area contributed by atoms with Crippen molar-refractivity contribution in [1.29, 1.82) is 0 Å². The van der Waals surface area contributed by atoms with E-state index in [4.69, 9.17) is 16.4 Å². The molecule has 2 rings (SSSR count). The fraction of sp³-hybridized carbons (Fsp3) is 0.462. The van der Waals surface area contributed by atoms with Crippen LogP contribution in [0.25, 0.3) is 0 Å².